The van der Waals surface area contributed by atoms with Crippen molar-refractivity contribution in [1.82, 2.24) is 20.1 Å². The average molecular weight is 326 g/mol. The number of hydrazine groups is 1. The predicted octanol–water partition coefficient (Wildman–Crippen LogP) is 2.12. The molecule has 7 heteroatoms. The minimum absolute atomic E-state index is 0.168. The second-order valence-electron chi connectivity index (χ2n) is 5.18. The Hall–Kier alpha value is -2.93. The third-order valence-corrected chi connectivity index (χ3v) is 3.62. The molecule has 0 spiro atoms. The van der Waals surface area contributed by atoms with Crippen LogP contribution in [0.5, 0.6) is 5.75 Å². The van der Waals surface area contributed by atoms with Gasteiger partial charge in [-0.05, 0) is 25.1 Å². The summed E-state index contributed by atoms with van der Waals surface area (Å²) in [6.45, 7) is 3.21. The summed E-state index contributed by atoms with van der Waals surface area (Å²) in [7, 11) is 0. The molecule has 0 saturated carbocycles. The van der Waals surface area contributed by atoms with Crippen LogP contribution in [0.3, 0.4) is 0 Å². The van der Waals surface area contributed by atoms with E-state index >= 15 is 0 Å². The van der Waals surface area contributed by atoms with E-state index in [9.17, 15) is 4.79 Å². The molecular weight excluding hydrogens is 308 g/mol. The summed E-state index contributed by atoms with van der Waals surface area (Å²) in [5, 5.41) is 3.33. The number of para-hydroxylation sites is 1. The molecule has 2 heterocycles. The molecule has 0 saturated heterocycles. The first-order valence-corrected chi connectivity index (χ1v) is 7.59. The maximum Gasteiger partial charge on any atom is 0.322 e. The van der Waals surface area contributed by atoms with E-state index in [2.05, 4.69) is 9.97 Å². The third kappa shape index (κ3) is 3.52. The van der Waals surface area contributed by atoms with Crippen molar-refractivity contribution in [3.05, 3.63) is 66.4 Å². The number of ether oxygens (including phenoxy) is 1. The van der Waals surface area contributed by atoms with Gasteiger partial charge in [-0.15, -0.1) is 5.17 Å². The summed E-state index contributed by atoms with van der Waals surface area (Å²) in [4.78, 5) is 24.4. The Balaban J connectivity index is 1.71. The number of rotatable bonds is 7. The molecule has 0 aliphatic carbocycles. The van der Waals surface area contributed by atoms with Gasteiger partial charge in [0, 0.05) is 12.4 Å². The zero-order chi connectivity index (χ0) is 16.8. The van der Waals surface area contributed by atoms with Crippen molar-refractivity contribution in [2.75, 3.05) is 13.2 Å². The highest BCUT2D eigenvalue weighted by molar-refractivity contribution is 5.37. The van der Waals surface area contributed by atoms with Gasteiger partial charge >= 0.3 is 6.47 Å². The van der Waals surface area contributed by atoms with Crippen LogP contribution >= 0.6 is 0 Å². The van der Waals surface area contributed by atoms with E-state index in [1.165, 1.54) is 5.17 Å². The standard InChI is InChI=1S/C17H18N4O3/c1-14-11-17(16-12-18-7-8-19-16)20(21(14)24-13-22)9-10-23-15-5-3-2-4-6-15/h2-8,11-13,17H,9-10H2,1H3. The molecule has 0 N–H and O–H groups in total. The van der Waals surface area contributed by atoms with Crippen LogP contribution in [0.2, 0.25) is 0 Å². The number of aromatic nitrogens is 2. The Morgan fingerprint density at radius 3 is 2.79 bits per heavy atom. The van der Waals surface area contributed by atoms with Crippen molar-refractivity contribution >= 4 is 6.47 Å². The first-order valence-electron chi connectivity index (χ1n) is 7.59. The second-order valence-corrected chi connectivity index (χ2v) is 5.18. The summed E-state index contributed by atoms with van der Waals surface area (Å²) < 4.78 is 5.74. The van der Waals surface area contributed by atoms with E-state index < -0.39 is 0 Å². The summed E-state index contributed by atoms with van der Waals surface area (Å²) in [6.07, 6.45) is 6.93. The van der Waals surface area contributed by atoms with Gasteiger partial charge in [0.2, 0.25) is 0 Å². The van der Waals surface area contributed by atoms with Gasteiger partial charge in [-0.25, -0.2) is 0 Å². The lowest BCUT2D eigenvalue weighted by Gasteiger charge is -2.31. The maximum atomic E-state index is 10.8. The molecule has 3 rings (SSSR count). The van der Waals surface area contributed by atoms with Crippen molar-refractivity contribution in [3.8, 4) is 5.75 Å². The number of hydrogen-bond donors (Lipinski definition) is 0. The summed E-state index contributed by atoms with van der Waals surface area (Å²) in [6, 6.07) is 9.39. The molecule has 124 valence electrons. The number of hydroxylamine groups is 1. The van der Waals surface area contributed by atoms with Crippen molar-refractivity contribution < 1.29 is 14.4 Å². The third-order valence-electron chi connectivity index (χ3n) is 3.62. The minimum Gasteiger partial charge on any atom is -0.492 e. The van der Waals surface area contributed by atoms with Crippen LogP contribution in [0, 0.1) is 0 Å². The molecule has 0 bridgehead atoms. The number of carbonyl (C=O) groups is 1. The lowest BCUT2D eigenvalue weighted by molar-refractivity contribution is -0.236. The van der Waals surface area contributed by atoms with Gasteiger partial charge in [-0.1, -0.05) is 18.2 Å². The van der Waals surface area contributed by atoms with E-state index in [0.29, 0.717) is 19.6 Å². The Kier molecular flexibility index (Phi) is 5.02. The van der Waals surface area contributed by atoms with Crippen LogP contribution in [0.25, 0.3) is 0 Å². The van der Waals surface area contributed by atoms with Crippen LogP contribution in [-0.4, -0.2) is 39.8 Å². The Morgan fingerprint density at radius 2 is 2.08 bits per heavy atom. The first kappa shape index (κ1) is 15.9. The second kappa shape index (κ2) is 7.56. The lowest BCUT2D eigenvalue weighted by Crippen LogP contribution is -2.41. The lowest BCUT2D eigenvalue weighted by atomic mass is 10.2. The first-order chi connectivity index (χ1) is 11.8. The molecule has 24 heavy (non-hydrogen) atoms. The van der Waals surface area contributed by atoms with Crippen molar-refractivity contribution in [2.24, 2.45) is 0 Å². The molecule has 1 atom stereocenters. The van der Waals surface area contributed by atoms with E-state index in [1.807, 2.05) is 48.3 Å². The van der Waals surface area contributed by atoms with Crippen molar-refractivity contribution in [2.45, 2.75) is 13.0 Å². The van der Waals surface area contributed by atoms with Crippen LogP contribution in [0.15, 0.2) is 60.7 Å². The SMILES string of the molecule is CC1=CC(c2cnccn2)N(CCOc2ccccc2)N1OC=O. The summed E-state index contributed by atoms with van der Waals surface area (Å²) >= 11 is 0. The smallest absolute Gasteiger partial charge is 0.322 e. The highest BCUT2D eigenvalue weighted by Crippen LogP contribution is 2.32. The Morgan fingerprint density at radius 1 is 1.25 bits per heavy atom. The minimum atomic E-state index is -0.168. The van der Waals surface area contributed by atoms with Crippen LogP contribution < -0.4 is 4.74 Å². The number of hydrogen-bond acceptors (Lipinski definition) is 7. The van der Waals surface area contributed by atoms with Gasteiger partial charge in [-0.2, -0.15) is 5.01 Å². The molecule has 1 unspecified atom stereocenters. The fraction of sp³-hybridized carbons (Fsp3) is 0.235. The number of nitrogens with zero attached hydrogens (tertiary/aromatic N) is 4. The predicted molar refractivity (Wildman–Crippen MR) is 86.2 cm³/mol. The number of allylic oxidation sites excluding steroid dienone is 1. The number of carbonyl (C=O) groups excluding carboxylic acids is 1. The molecule has 0 radical (unpaired) electrons. The fourth-order valence-electron chi connectivity index (χ4n) is 2.58. The zero-order valence-corrected chi connectivity index (χ0v) is 13.3. The van der Waals surface area contributed by atoms with Gasteiger partial charge in [0.15, 0.2) is 0 Å². The van der Waals surface area contributed by atoms with Gasteiger partial charge in [0.1, 0.15) is 12.4 Å². The zero-order valence-electron chi connectivity index (χ0n) is 13.3. The highest BCUT2D eigenvalue weighted by atomic mass is 16.7. The van der Waals surface area contributed by atoms with Gasteiger partial charge in [0.25, 0.3) is 0 Å². The molecular formula is C17H18N4O3. The molecule has 1 aliphatic rings. The molecule has 2 aromatic rings. The monoisotopic (exact) mass is 326 g/mol. The molecule has 1 aliphatic heterocycles. The van der Waals surface area contributed by atoms with Crippen molar-refractivity contribution in [3.63, 3.8) is 0 Å². The highest BCUT2D eigenvalue weighted by Gasteiger charge is 2.33. The Labute approximate surface area is 140 Å². The van der Waals surface area contributed by atoms with E-state index in [-0.39, 0.29) is 6.04 Å². The van der Waals surface area contributed by atoms with Gasteiger partial charge in [0.05, 0.1) is 30.2 Å². The van der Waals surface area contributed by atoms with E-state index in [1.54, 1.807) is 18.6 Å². The van der Waals surface area contributed by atoms with Gasteiger partial charge < -0.3 is 9.57 Å². The summed E-state index contributed by atoms with van der Waals surface area (Å²) in [5.41, 5.74) is 1.58. The summed E-state index contributed by atoms with van der Waals surface area (Å²) in [5.74, 6) is 0.792. The average Bonchev–Trinajstić information content (AvgIpc) is 2.93. The largest absolute Gasteiger partial charge is 0.492 e. The van der Waals surface area contributed by atoms with Crippen LogP contribution in [-0.2, 0) is 9.63 Å². The molecule has 7 nitrogen and oxygen atoms in total. The van der Waals surface area contributed by atoms with Gasteiger partial charge in [-0.3, -0.25) is 14.8 Å². The van der Waals surface area contributed by atoms with E-state index in [0.717, 1.165) is 17.1 Å². The quantitative estimate of drug-likeness (QED) is 0.722. The Bertz CT molecular complexity index is 693. The molecule has 0 amide bonds. The normalized spacial score (nSPS) is 17.5. The molecule has 1 aromatic heterocycles. The molecule has 1 aromatic carbocycles. The van der Waals surface area contributed by atoms with Crippen molar-refractivity contribution in [1.29, 1.82) is 0 Å². The fourth-order valence-corrected chi connectivity index (χ4v) is 2.58. The van der Waals surface area contributed by atoms with Crippen LogP contribution in [0.4, 0.5) is 0 Å². The topological polar surface area (TPSA) is 67.8 Å². The maximum absolute atomic E-state index is 10.8. The van der Waals surface area contributed by atoms with Crippen LogP contribution in [0.1, 0.15) is 18.7 Å². The van der Waals surface area contributed by atoms with E-state index in [4.69, 9.17) is 9.57 Å². The number of benzene rings is 1. The molecule has 0 fully saturated rings.